The monoisotopic (exact) mass is 355 g/mol. The van der Waals surface area contributed by atoms with E-state index >= 15 is 0 Å². The molecule has 4 fully saturated rings. The first-order valence-corrected chi connectivity index (χ1v) is 10.3. The van der Waals surface area contributed by atoms with Crippen molar-refractivity contribution in [3.05, 3.63) is 30.0 Å². The fraction of sp³-hybridized carbons (Fsp3) is 0.632. The Balaban J connectivity index is 1.37. The predicted octanol–water partition coefficient (Wildman–Crippen LogP) is 4.22. The second kappa shape index (κ2) is 5.00. The third kappa shape index (κ3) is 2.12. The zero-order chi connectivity index (χ0) is 16.6. The molecule has 5 nitrogen and oxygen atoms in total. The molecule has 3 heterocycles. The minimum Gasteiger partial charge on any atom is -0.468 e. The first-order chi connectivity index (χ1) is 12.2. The summed E-state index contributed by atoms with van der Waals surface area (Å²) in [6.07, 6.45) is 9.98. The Morgan fingerprint density at radius 2 is 1.88 bits per heavy atom. The maximum atomic E-state index is 12.6. The number of thioether (sulfide) groups is 1. The highest BCUT2D eigenvalue weighted by atomic mass is 32.2. The van der Waals surface area contributed by atoms with Crippen molar-refractivity contribution in [1.82, 2.24) is 14.8 Å². The minimum atomic E-state index is 0.0170. The van der Waals surface area contributed by atoms with Crippen LogP contribution < -0.4 is 0 Å². The predicted molar refractivity (Wildman–Crippen MR) is 92.4 cm³/mol. The van der Waals surface area contributed by atoms with Gasteiger partial charge in [0, 0.05) is 11.8 Å². The lowest BCUT2D eigenvalue weighted by atomic mass is 9.49. The van der Waals surface area contributed by atoms with Gasteiger partial charge in [0.05, 0.1) is 11.5 Å². The van der Waals surface area contributed by atoms with Gasteiger partial charge in [-0.05, 0) is 68.4 Å². The van der Waals surface area contributed by atoms with Crippen LogP contribution in [0.1, 0.15) is 66.6 Å². The van der Waals surface area contributed by atoms with Crippen molar-refractivity contribution in [2.75, 3.05) is 0 Å². The lowest BCUT2D eigenvalue weighted by Crippen LogP contribution is -2.49. The van der Waals surface area contributed by atoms with Gasteiger partial charge in [0.1, 0.15) is 5.76 Å². The number of furan rings is 1. The molecular weight excluding hydrogens is 334 g/mol. The van der Waals surface area contributed by atoms with E-state index < -0.39 is 0 Å². The molecule has 25 heavy (non-hydrogen) atoms. The standard InChI is InChI=1S/C19H21N3O2S/c23-16-7-15(14-2-1-3-24-14)25-18-20-17(21-22(16)18)19-8-11-4-12(9-19)6-13(5-11)10-19/h1-3,11-13,15H,4-10H2. The number of aromatic nitrogens is 3. The Bertz CT molecular complexity index is 806. The Morgan fingerprint density at radius 1 is 1.16 bits per heavy atom. The lowest BCUT2D eigenvalue weighted by molar-refractivity contribution is -0.00944. The van der Waals surface area contributed by atoms with Crippen molar-refractivity contribution in [1.29, 1.82) is 0 Å². The molecule has 0 spiro atoms. The van der Waals surface area contributed by atoms with Crippen LogP contribution in [0, 0.1) is 17.8 Å². The molecule has 0 aromatic carbocycles. The van der Waals surface area contributed by atoms with Crippen molar-refractivity contribution >= 4 is 17.7 Å². The van der Waals surface area contributed by atoms with E-state index in [1.165, 1.54) is 38.5 Å². The third-order valence-electron chi connectivity index (χ3n) is 6.79. The number of nitrogens with zero attached hydrogens (tertiary/aromatic N) is 3. The molecule has 1 aliphatic heterocycles. The molecule has 0 amide bonds. The zero-order valence-electron chi connectivity index (χ0n) is 14.1. The largest absolute Gasteiger partial charge is 0.468 e. The van der Waals surface area contributed by atoms with E-state index in [1.807, 2.05) is 12.1 Å². The Kier molecular flexibility index (Phi) is 2.92. The first kappa shape index (κ1) is 14.6. The van der Waals surface area contributed by atoms with Crippen LogP contribution in [0.3, 0.4) is 0 Å². The average Bonchev–Trinajstić information content (AvgIpc) is 3.23. The summed E-state index contributed by atoms with van der Waals surface area (Å²) in [7, 11) is 0. The maximum absolute atomic E-state index is 12.6. The van der Waals surface area contributed by atoms with E-state index in [0.29, 0.717) is 6.42 Å². The molecule has 5 aliphatic rings. The number of fused-ring (bicyclic) bond motifs is 1. The summed E-state index contributed by atoms with van der Waals surface area (Å²) in [5.74, 6) is 4.40. The summed E-state index contributed by atoms with van der Waals surface area (Å²) < 4.78 is 7.08. The van der Waals surface area contributed by atoms with Gasteiger partial charge in [0.2, 0.25) is 0 Å². The zero-order valence-corrected chi connectivity index (χ0v) is 14.9. The van der Waals surface area contributed by atoms with Gasteiger partial charge in [-0.25, -0.2) is 4.98 Å². The van der Waals surface area contributed by atoms with E-state index in [1.54, 1.807) is 22.7 Å². The van der Waals surface area contributed by atoms with Gasteiger partial charge >= 0.3 is 0 Å². The minimum absolute atomic E-state index is 0.0170. The van der Waals surface area contributed by atoms with Gasteiger partial charge in [0.15, 0.2) is 11.0 Å². The van der Waals surface area contributed by atoms with Crippen LogP contribution in [0.25, 0.3) is 0 Å². The second-order valence-corrected chi connectivity index (χ2v) is 9.72. The molecule has 4 saturated carbocycles. The summed E-state index contributed by atoms with van der Waals surface area (Å²) in [6, 6.07) is 3.82. The van der Waals surface area contributed by atoms with Crippen molar-refractivity contribution in [3.63, 3.8) is 0 Å². The van der Waals surface area contributed by atoms with Gasteiger partial charge in [-0.15, -0.1) is 5.10 Å². The molecule has 0 saturated heterocycles. The van der Waals surface area contributed by atoms with Crippen molar-refractivity contribution in [2.45, 2.75) is 60.8 Å². The van der Waals surface area contributed by atoms with Gasteiger partial charge in [-0.3, -0.25) is 4.79 Å². The van der Waals surface area contributed by atoms with Crippen LogP contribution in [0.2, 0.25) is 0 Å². The van der Waals surface area contributed by atoms with Crippen LogP contribution in [-0.4, -0.2) is 20.7 Å². The molecule has 2 aromatic rings. The normalized spacial score (nSPS) is 39.0. The molecule has 2 aromatic heterocycles. The van der Waals surface area contributed by atoms with E-state index in [2.05, 4.69) is 0 Å². The SMILES string of the molecule is O=C1CC(c2ccco2)Sc2nc(C34CC5CC(CC(C5)C3)C4)nn21. The van der Waals surface area contributed by atoms with Crippen molar-refractivity contribution in [3.8, 4) is 0 Å². The highest BCUT2D eigenvalue weighted by Gasteiger charge is 2.54. The molecule has 1 unspecified atom stereocenters. The number of rotatable bonds is 2. The fourth-order valence-corrected chi connectivity index (χ4v) is 7.31. The van der Waals surface area contributed by atoms with E-state index in [0.717, 1.165) is 34.5 Å². The summed E-state index contributed by atoms with van der Waals surface area (Å²) in [4.78, 5) is 17.5. The first-order valence-electron chi connectivity index (χ1n) is 9.39. The highest BCUT2D eigenvalue weighted by molar-refractivity contribution is 7.99. The topological polar surface area (TPSA) is 60.9 Å². The number of hydrogen-bond acceptors (Lipinski definition) is 5. The number of hydrogen-bond donors (Lipinski definition) is 0. The Hall–Kier alpha value is -1.56. The van der Waals surface area contributed by atoms with Gasteiger partial charge < -0.3 is 4.42 Å². The van der Waals surface area contributed by atoms with Crippen molar-refractivity contribution in [2.24, 2.45) is 17.8 Å². The summed E-state index contributed by atoms with van der Waals surface area (Å²) in [5, 5.41) is 5.51. The molecular formula is C19H21N3O2S. The van der Waals surface area contributed by atoms with Gasteiger partial charge in [-0.2, -0.15) is 4.68 Å². The summed E-state index contributed by atoms with van der Waals surface area (Å²) in [6.45, 7) is 0. The summed E-state index contributed by atoms with van der Waals surface area (Å²) >= 11 is 1.62. The Morgan fingerprint density at radius 3 is 2.52 bits per heavy atom. The quantitative estimate of drug-likeness (QED) is 0.807. The molecule has 4 bridgehead atoms. The van der Waals surface area contributed by atoms with Crippen LogP contribution >= 0.6 is 11.8 Å². The maximum Gasteiger partial charge on any atom is 0.250 e. The molecule has 1 atom stereocenters. The highest BCUT2D eigenvalue weighted by Crippen LogP contribution is 2.60. The van der Waals surface area contributed by atoms with Gasteiger partial charge in [-0.1, -0.05) is 11.8 Å². The molecule has 0 N–H and O–H groups in total. The average molecular weight is 355 g/mol. The molecule has 7 rings (SSSR count). The molecule has 6 heteroatoms. The summed E-state index contributed by atoms with van der Waals surface area (Å²) in [5.41, 5.74) is 0.139. The number of carbonyl (C=O) groups excluding carboxylic acids is 1. The number of carbonyl (C=O) groups is 1. The molecule has 130 valence electrons. The van der Waals surface area contributed by atoms with Crippen LogP contribution in [0.15, 0.2) is 28.0 Å². The van der Waals surface area contributed by atoms with E-state index in [9.17, 15) is 4.79 Å². The second-order valence-electron chi connectivity index (χ2n) is 8.55. The van der Waals surface area contributed by atoms with E-state index in [-0.39, 0.29) is 16.6 Å². The molecule has 4 aliphatic carbocycles. The Labute approximate surface area is 150 Å². The van der Waals surface area contributed by atoms with Crippen molar-refractivity contribution < 1.29 is 9.21 Å². The van der Waals surface area contributed by atoms with Crippen LogP contribution in [0.4, 0.5) is 0 Å². The van der Waals surface area contributed by atoms with E-state index in [4.69, 9.17) is 14.5 Å². The van der Waals surface area contributed by atoms with Crippen LogP contribution in [0.5, 0.6) is 0 Å². The van der Waals surface area contributed by atoms with Gasteiger partial charge in [0.25, 0.3) is 5.91 Å². The third-order valence-corrected chi connectivity index (χ3v) is 7.95. The molecule has 0 radical (unpaired) electrons. The fourth-order valence-electron chi connectivity index (χ4n) is 6.19. The van der Waals surface area contributed by atoms with Crippen LogP contribution in [-0.2, 0) is 5.41 Å². The smallest absolute Gasteiger partial charge is 0.250 e. The lowest BCUT2D eigenvalue weighted by Gasteiger charge is -2.55.